The Morgan fingerprint density at radius 3 is 2.73 bits per heavy atom. The van der Waals surface area contributed by atoms with Crippen LogP contribution in [0.1, 0.15) is 43.6 Å². The van der Waals surface area contributed by atoms with Crippen molar-refractivity contribution in [2.45, 2.75) is 59.0 Å². The third-order valence-corrected chi connectivity index (χ3v) is 4.55. The lowest BCUT2D eigenvalue weighted by atomic mass is 9.92. The molecule has 0 spiro atoms. The molecule has 2 rings (SSSR count). The fourth-order valence-corrected chi connectivity index (χ4v) is 3.20. The molecule has 0 aromatic carbocycles. The molecule has 1 aromatic heterocycles. The highest BCUT2D eigenvalue weighted by Crippen LogP contribution is 2.18. The Morgan fingerprint density at radius 2 is 2.18 bits per heavy atom. The van der Waals surface area contributed by atoms with Crippen LogP contribution in [0.15, 0.2) is 0 Å². The van der Waals surface area contributed by atoms with Gasteiger partial charge in [-0.1, -0.05) is 0 Å². The summed E-state index contributed by atoms with van der Waals surface area (Å²) in [6, 6.07) is 0.580. The van der Waals surface area contributed by atoms with Crippen LogP contribution in [0.2, 0.25) is 0 Å². The zero-order chi connectivity index (χ0) is 15.6. The molecule has 1 fully saturated rings. The van der Waals surface area contributed by atoms with Gasteiger partial charge in [0.1, 0.15) is 0 Å². The van der Waals surface area contributed by atoms with E-state index < -0.39 is 0 Å². The Balaban J connectivity index is 0.00000242. The summed E-state index contributed by atoms with van der Waals surface area (Å²) >= 11 is 0. The van der Waals surface area contributed by atoms with Crippen LogP contribution in [0.3, 0.4) is 0 Å². The van der Waals surface area contributed by atoms with E-state index in [1.54, 1.807) is 0 Å². The number of carbonyl (C=O) groups excluding carboxylic acids is 1. The second-order valence-corrected chi connectivity index (χ2v) is 6.46. The van der Waals surface area contributed by atoms with E-state index in [9.17, 15) is 4.79 Å². The summed E-state index contributed by atoms with van der Waals surface area (Å²) in [6.45, 7) is 9.28. The lowest BCUT2D eigenvalue weighted by Crippen LogP contribution is -2.45. The van der Waals surface area contributed by atoms with E-state index in [4.69, 9.17) is 0 Å². The van der Waals surface area contributed by atoms with Gasteiger partial charge in [-0.05, 0) is 59.1 Å². The molecule has 2 heterocycles. The van der Waals surface area contributed by atoms with Gasteiger partial charge in [-0.15, -0.1) is 12.4 Å². The van der Waals surface area contributed by atoms with E-state index >= 15 is 0 Å². The predicted octanol–water partition coefficient (Wildman–Crippen LogP) is 1.89. The molecule has 1 aliphatic rings. The Hall–Kier alpha value is -1.07. The van der Waals surface area contributed by atoms with E-state index in [0.29, 0.717) is 6.04 Å². The highest BCUT2D eigenvalue weighted by Gasteiger charge is 2.25. The first kappa shape index (κ1) is 19.0. The molecule has 1 aromatic rings. The van der Waals surface area contributed by atoms with Gasteiger partial charge in [-0.3, -0.25) is 9.48 Å². The highest BCUT2D eigenvalue weighted by atomic mass is 35.5. The van der Waals surface area contributed by atoms with Crippen LogP contribution >= 0.6 is 12.4 Å². The molecule has 1 amide bonds. The van der Waals surface area contributed by atoms with Crippen molar-refractivity contribution >= 4 is 18.3 Å². The third kappa shape index (κ3) is 4.46. The normalized spacial score (nSPS) is 22.8. The molecule has 3 atom stereocenters. The molecule has 5 nitrogen and oxygen atoms in total. The van der Waals surface area contributed by atoms with Crippen LogP contribution < -0.4 is 10.6 Å². The van der Waals surface area contributed by atoms with Crippen molar-refractivity contribution in [1.82, 2.24) is 20.4 Å². The van der Waals surface area contributed by atoms with Crippen molar-refractivity contribution in [2.24, 2.45) is 13.0 Å². The van der Waals surface area contributed by atoms with Crippen LogP contribution in [0.4, 0.5) is 0 Å². The molecule has 22 heavy (non-hydrogen) atoms. The summed E-state index contributed by atoms with van der Waals surface area (Å²) in [5.74, 6) is 0.356. The topological polar surface area (TPSA) is 59.0 Å². The Labute approximate surface area is 139 Å². The number of aromatic nitrogens is 2. The monoisotopic (exact) mass is 328 g/mol. The van der Waals surface area contributed by atoms with Crippen LogP contribution in [-0.2, 0) is 18.3 Å². The van der Waals surface area contributed by atoms with Gasteiger partial charge >= 0.3 is 0 Å². The quantitative estimate of drug-likeness (QED) is 0.887. The van der Waals surface area contributed by atoms with Crippen LogP contribution in [0.25, 0.3) is 0 Å². The molecule has 126 valence electrons. The van der Waals surface area contributed by atoms with E-state index in [-0.39, 0.29) is 30.3 Å². The van der Waals surface area contributed by atoms with Crippen molar-refractivity contribution < 1.29 is 4.79 Å². The fourth-order valence-electron chi connectivity index (χ4n) is 3.20. The Bertz CT molecular complexity index is 514. The molecular weight excluding hydrogens is 300 g/mol. The zero-order valence-electron chi connectivity index (χ0n) is 14.3. The van der Waals surface area contributed by atoms with Crippen LogP contribution in [0, 0.1) is 19.8 Å². The summed E-state index contributed by atoms with van der Waals surface area (Å²) in [5, 5.41) is 11.0. The van der Waals surface area contributed by atoms with Crippen molar-refractivity contribution in [3.63, 3.8) is 0 Å². The maximum Gasteiger partial charge on any atom is 0.223 e. The number of aryl methyl sites for hydroxylation is 2. The van der Waals surface area contributed by atoms with Crippen molar-refractivity contribution in [1.29, 1.82) is 0 Å². The maximum absolute atomic E-state index is 12.4. The molecule has 1 unspecified atom stereocenters. The maximum atomic E-state index is 12.4. The van der Waals surface area contributed by atoms with Crippen LogP contribution in [-0.4, -0.2) is 34.3 Å². The average Bonchev–Trinajstić information content (AvgIpc) is 2.65. The number of rotatable bonds is 4. The van der Waals surface area contributed by atoms with E-state index in [1.165, 1.54) is 11.3 Å². The minimum atomic E-state index is 0. The number of amides is 1. The fraction of sp³-hybridized carbons (Fsp3) is 0.750. The lowest BCUT2D eigenvalue weighted by molar-refractivity contribution is -0.126. The molecule has 0 aliphatic carbocycles. The number of halogens is 1. The predicted molar refractivity (Wildman–Crippen MR) is 91.4 cm³/mol. The van der Waals surface area contributed by atoms with Gasteiger partial charge in [-0.2, -0.15) is 5.10 Å². The SMILES string of the molecule is Cc1nn(C)c(C)c1CC(C)NC(=O)[C@H]1CCN[C@@H](C)C1.Cl. The number of nitrogens with zero attached hydrogens (tertiary/aromatic N) is 2. The molecule has 2 N–H and O–H groups in total. The molecule has 1 aliphatic heterocycles. The standard InChI is InChI=1S/C16H28N4O.ClH/c1-10-8-14(6-7-17-10)16(21)18-11(2)9-15-12(3)19-20(5)13(15)4;/h10-11,14,17H,6-9H2,1-5H3,(H,18,21);1H/t10-,11?,14-;/m0./s1. The molecular formula is C16H29ClN4O. The number of hydrogen-bond acceptors (Lipinski definition) is 3. The van der Waals surface area contributed by atoms with Crippen molar-refractivity contribution in [2.75, 3.05) is 6.54 Å². The van der Waals surface area contributed by atoms with Gasteiger partial charge in [0.15, 0.2) is 0 Å². The minimum Gasteiger partial charge on any atom is -0.353 e. The summed E-state index contributed by atoms with van der Waals surface area (Å²) in [4.78, 5) is 12.4. The van der Waals surface area contributed by atoms with Gasteiger partial charge in [0.25, 0.3) is 0 Å². The molecule has 1 saturated heterocycles. The van der Waals surface area contributed by atoms with Gasteiger partial charge in [0.2, 0.25) is 5.91 Å². The summed E-state index contributed by atoms with van der Waals surface area (Å²) < 4.78 is 1.91. The van der Waals surface area contributed by atoms with E-state index in [0.717, 1.165) is 31.5 Å². The van der Waals surface area contributed by atoms with Gasteiger partial charge in [0.05, 0.1) is 5.69 Å². The number of carbonyl (C=O) groups is 1. The number of piperidine rings is 1. The molecule has 0 bridgehead atoms. The molecule has 0 saturated carbocycles. The second-order valence-electron chi connectivity index (χ2n) is 6.46. The summed E-state index contributed by atoms with van der Waals surface area (Å²) in [6.07, 6.45) is 2.72. The van der Waals surface area contributed by atoms with E-state index in [1.807, 2.05) is 18.7 Å². The molecule has 6 heteroatoms. The minimum absolute atomic E-state index is 0. The van der Waals surface area contributed by atoms with Gasteiger partial charge in [-0.25, -0.2) is 0 Å². The molecule has 0 radical (unpaired) electrons. The summed E-state index contributed by atoms with van der Waals surface area (Å²) in [7, 11) is 1.96. The summed E-state index contributed by atoms with van der Waals surface area (Å²) in [5.41, 5.74) is 3.50. The highest BCUT2D eigenvalue weighted by molar-refractivity contribution is 5.85. The number of hydrogen-bond donors (Lipinski definition) is 2. The Morgan fingerprint density at radius 1 is 1.50 bits per heavy atom. The second kappa shape index (κ2) is 7.97. The van der Waals surface area contributed by atoms with Gasteiger partial charge in [0, 0.05) is 30.7 Å². The third-order valence-electron chi connectivity index (χ3n) is 4.55. The van der Waals surface area contributed by atoms with Crippen molar-refractivity contribution in [3.8, 4) is 0 Å². The first-order valence-electron chi connectivity index (χ1n) is 7.91. The largest absolute Gasteiger partial charge is 0.353 e. The van der Waals surface area contributed by atoms with E-state index in [2.05, 4.69) is 36.5 Å². The smallest absolute Gasteiger partial charge is 0.223 e. The average molecular weight is 329 g/mol. The first-order valence-corrected chi connectivity index (χ1v) is 7.91. The van der Waals surface area contributed by atoms with Crippen LogP contribution in [0.5, 0.6) is 0 Å². The van der Waals surface area contributed by atoms with Crippen molar-refractivity contribution in [3.05, 3.63) is 17.0 Å². The Kier molecular flexibility index (Phi) is 6.88. The zero-order valence-corrected chi connectivity index (χ0v) is 15.1. The first-order chi connectivity index (χ1) is 9.88. The lowest BCUT2D eigenvalue weighted by Gasteiger charge is -2.28. The number of nitrogens with one attached hydrogen (secondary N) is 2. The van der Waals surface area contributed by atoms with Gasteiger partial charge < -0.3 is 10.6 Å².